The first-order valence-corrected chi connectivity index (χ1v) is 9.39. The maximum atomic E-state index is 12.2. The molecule has 0 spiro atoms. The maximum Gasteiger partial charge on any atom is 0.310 e. The molecule has 146 valence electrons. The van der Waals surface area contributed by atoms with E-state index in [-0.39, 0.29) is 12.4 Å². The van der Waals surface area contributed by atoms with Gasteiger partial charge in [-0.15, -0.1) is 0 Å². The molecule has 0 aliphatic heterocycles. The Kier molecular flexibility index (Phi) is 6.37. The predicted molar refractivity (Wildman–Crippen MR) is 106 cm³/mol. The van der Waals surface area contributed by atoms with Gasteiger partial charge < -0.3 is 14.0 Å². The Morgan fingerprint density at radius 2 is 1.86 bits per heavy atom. The van der Waals surface area contributed by atoms with Gasteiger partial charge in [0, 0.05) is 10.6 Å². The van der Waals surface area contributed by atoms with E-state index in [0.29, 0.717) is 17.4 Å². The van der Waals surface area contributed by atoms with E-state index in [4.69, 9.17) is 25.6 Å². The van der Waals surface area contributed by atoms with Crippen molar-refractivity contribution in [3.05, 3.63) is 81.7 Å². The molecule has 2 aromatic carbocycles. The quantitative estimate of drug-likeness (QED) is 0.500. The van der Waals surface area contributed by atoms with Crippen molar-refractivity contribution in [3.8, 4) is 5.75 Å². The molecule has 5 nitrogen and oxygen atoms in total. The zero-order valence-electron chi connectivity index (χ0n) is 16.1. The van der Waals surface area contributed by atoms with Crippen molar-refractivity contribution in [3.63, 3.8) is 0 Å². The Morgan fingerprint density at radius 3 is 2.50 bits per heavy atom. The smallest absolute Gasteiger partial charge is 0.310 e. The van der Waals surface area contributed by atoms with Crippen LogP contribution in [0.2, 0.25) is 5.02 Å². The standard InChI is InChI=1S/C22H22ClNO4/c1-14-20(16(3)28-24-14)13-26-18-10-8-17(9-11-18)12-22(25)27-15(2)19-6-4-5-7-21(19)23/h4-11,15H,12-13H2,1-3H3/t15-/m0/s1. The molecule has 0 amide bonds. The normalized spacial score (nSPS) is 11.9. The van der Waals surface area contributed by atoms with Gasteiger partial charge in [-0.25, -0.2) is 0 Å². The van der Waals surface area contributed by atoms with E-state index in [0.717, 1.165) is 28.1 Å². The fraction of sp³-hybridized carbons (Fsp3) is 0.273. The van der Waals surface area contributed by atoms with Crippen molar-refractivity contribution in [1.82, 2.24) is 5.16 Å². The van der Waals surface area contributed by atoms with E-state index in [9.17, 15) is 4.79 Å². The fourth-order valence-electron chi connectivity index (χ4n) is 2.84. The van der Waals surface area contributed by atoms with E-state index >= 15 is 0 Å². The molecule has 28 heavy (non-hydrogen) atoms. The zero-order chi connectivity index (χ0) is 20.1. The average molecular weight is 400 g/mol. The Labute approximate surface area is 169 Å². The summed E-state index contributed by atoms with van der Waals surface area (Å²) in [7, 11) is 0. The number of carbonyl (C=O) groups is 1. The monoisotopic (exact) mass is 399 g/mol. The molecule has 0 saturated carbocycles. The number of esters is 1. The Morgan fingerprint density at radius 1 is 1.14 bits per heavy atom. The van der Waals surface area contributed by atoms with Crippen molar-refractivity contribution in [1.29, 1.82) is 0 Å². The Bertz CT molecular complexity index is 930. The highest BCUT2D eigenvalue weighted by Gasteiger charge is 2.15. The van der Waals surface area contributed by atoms with Crippen LogP contribution in [0.25, 0.3) is 0 Å². The molecule has 0 radical (unpaired) electrons. The van der Waals surface area contributed by atoms with Crippen LogP contribution in [0, 0.1) is 13.8 Å². The maximum absolute atomic E-state index is 12.2. The van der Waals surface area contributed by atoms with E-state index in [1.165, 1.54) is 0 Å². The first-order chi connectivity index (χ1) is 13.4. The van der Waals surface area contributed by atoms with Gasteiger partial charge in [0.15, 0.2) is 0 Å². The number of halogens is 1. The number of carbonyl (C=O) groups excluding carboxylic acids is 1. The van der Waals surface area contributed by atoms with Crippen LogP contribution in [-0.4, -0.2) is 11.1 Å². The number of hydrogen-bond acceptors (Lipinski definition) is 5. The molecule has 0 aliphatic carbocycles. The van der Waals surface area contributed by atoms with Crippen LogP contribution in [-0.2, 0) is 22.6 Å². The van der Waals surface area contributed by atoms with Crippen LogP contribution >= 0.6 is 11.6 Å². The van der Waals surface area contributed by atoms with Gasteiger partial charge in [0.25, 0.3) is 0 Å². The summed E-state index contributed by atoms with van der Waals surface area (Å²) < 4.78 is 16.4. The van der Waals surface area contributed by atoms with Gasteiger partial charge in [0.2, 0.25) is 0 Å². The van der Waals surface area contributed by atoms with Crippen LogP contribution in [0.4, 0.5) is 0 Å². The van der Waals surface area contributed by atoms with Crippen molar-refractivity contribution < 1.29 is 18.8 Å². The highest BCUT2D eigenvalue weighted by atomic mass is 35.5. The second-order valence-electron chi connectivity index (χ2n) is 6.57. The SMILES string of the molecule is Cc1noc(C)c1COc1ccc(CC(=O)O[C@@H](C)c2ccccc2Cl)cc1. The number of rotatable bonds is 7. The van der Waals surface area contributed by atoms with Crippen LogP contribution in [0.3, 0.4) is 0 Å². The third kappa shape index (κ3) is 4.93. The van der Waals surface area contributed by atoms with Gasteiger partial charge in [-0.2, -0.15) is 0 Å². The molecule has 0 unspecified atom stereocenters. The summed E-state index contributed by atoms with van der Waals surface area (Å²) in [5, 5.41) is 4.50. The molecule has 1 aromatic heterocycles. The Balaban J connectivity index is 1.53. The molecule has 6 heteroatoms. The molecule has 3 rings (SSSR count). The first-order valence-electron chi connectivity index (χ1n) is 9.01. The minimum absolute atomic E-state index is 0.180. The van der Waals surface area contributed by atoms with Gasteiger partial charge in [-0.1, -0.05) is 47.1 Å². The summed E-state index contributed by atoms with van der Waals surface area (Å²) in [5.74, 6) is 1.16. The second-order valence-corrected chi connectivity index (χ2v) is 6.97. The summed E-state index contributed by atoms with van der Waals surface area (Å²) in [5.41, 5.74) is 3.41. The zero-order valence-corrected chi connectivity index (χ0v) is 16.8. The lowest BCUT2D eigenvalue weighted by Gasteiger charge is -2.15. The van der Waals surface area contributed by atoms with E-state index < -0.39 is 6.10 Å². The molecule has 3 aromatic rings. The summed E-state index contributed by atoms with van der Waals surface area (Å²) in [6.07, 6.45) is -0.224. The topological polar surface area (TPSA) is 61.6 Å². The van der Waals surface area contributed by atoms with Crippen molar-refractivity contribution in [2.45, 2.75) is 39.9 Å². The van der Waals surface area contributed by atoms with E-state index in [2.05, 4.69) is 5.16 Å². The molecular formula is C22H22ClNO4. The molecule has 0 fully saturated rings. The number of benzene rings is 2. The van der Waals surface area contributed by atoms with Crippen molar-refractivity contribution >= 4 is 17.6 Å². The second kappa shape index (κ2) is 8.93. The van der Waals surface area contributed by atoms with Crippen LogP contribution in [0.1, 0.15) is 41.2 Å². The van der Waals surface area contributed by atoms with Gasteiger partial charge in [-0.05, 0) is 44.5 Å². The van der Waals surface area contributed by atoms with Gasteiger partial charge >= 0.3 is 5.97 Å². The van der Waals surface area contributed by atoms with Gasteiger partial charge in [-0.3, -0.25) is 4.79 Å². The highest BCUT2D eigenvalue weighted by Crippen LogP contribution is 2.25. The van der Waals surface area contributed by atoms with Gasteiger partial charge in [0.05, 0.1) is 17.7 Å². The lowest BCUT2D eigenvalue weighted by Crippen LogP contribution is -2.11. The van der Waals surface area contributed by atoms with Crippen molar-refractivity contribution in [2.24, 2.45) is 0 Å². The van der Waals surface area contributed by atoms with E-state index in [1.54, 1.807) is 6.07 Å². The molecule has 0 N–H and O–H groups in total. The molecule has 0 bridgehead atoms. The lowest BCUT2D eigenvalue weighted by molar-refractivity contribution is -0.147. The minimum Gasteiger partial charge on any atom is -0.489 e. The minimum atomic E-state index is -0.404. The number of ether oxygens (including phenoxy) is 2. The lowest BCUT2D eigenvalue weighted by atomic mass is 10.1. The number of nitrogens with zero attached hydrogens (tertiary/aromatic N) is 1. The molecule has 1 heterocycles. The number of hydrogen-bond donors (Lipinski definition) is 0. The van der Waals surface area contributed by atoms with Crippen LogP contribution in [0.5, 0.6) is 5.75 Å². The van der Waals surface area contributed by atoms with Crippen molar-refractivity contribution in [2.75, 3.05) is 0 Å². The van der Waals surface area contributed by atoms with E-state index in [1.807, 2.05) is 63.2 Å². The summed E-state index contributed by atoms with van der Waals surface area (Å²) in [6.45, 7) is 5.94. The highest BCUT2D eigenvalue weighted by molar-refractivity contribution is 6.31. The third-order valence-electron chi connectivity index (χ3n) is 4.49. The summed E-state index contributed by atoms with van der Waals surface area (Å²) >= 11 is 6.15. The summed E-state index contributed by atoms with van der Waals surface area (Å²) in [6, 6.07) is 14.7. The van der Waals surface area contributed by atoms with Crippen LogP contribution in [0.15, 0.2) is 53.1 Å². The number of aryl methyl sites for hydroxylation is 2. The number of aromatic nitrogens is 1. The van der Waals surface area contributed by atoms with Crippen LogP contribution < -0.4 is 4.74 Å². The van der Waals surface area contributed by atoms with Gasteiger partial charge in [0.1, 0.15) is 24.2 Å². The molecule has 1 atom stereocenters. The average Bonchev–Trinajstić information content (AvgIpc) is 2.99. The molecule has 0 saturated heterocycles. The first kappa shape index (κ1) is 20.0. The molecule has 0 aliphatic rings. The fourth-order valence-corrected chi connectivity index (χ4v) is 3.13. The predicted octanol–water partition coefficient (Wildman–Crippen LogP) is 5.37. The summed E-state index contributed by atoms with van der Waals surface area (Å²) in [4.78, 5) is 12.2. The third-order valence-corrected chi connectivity index (χ3v) is 4.83. The Hall–Kier alpha value is -2.79. The largest absolute Gasteiger partial charge is 0.489 e. The molecular weight excluding hydrogens is 378 g/mol.